The summed E-state index contributed by atoms with van der Waals surface area (Å²) in [7, 11) is 0. The summed E-state index contributed by atoms with van der Waals surface area (Å²) >= 11 is 7.33. The molecule has 9 heteroatoms. The zero-order valence-corrected chi connectivity index (χ0v) is 20.3. The monoisotopic (exact) mass is 487 g/mol. The van der Waals surface area contributed by atoms with Crippen molar-refractivity contribution in [1.29, 1.82) is 0 Å². The lowest BCUT2D eigenvalue weighted by Crippen LogP contribution is -2.29. The fraction of sp³-hybridized carbons (Fsp3) is 0.375. The summed E-state index contributed by atoms with van der Waals surface area (Å²) < 4.78 is 12.8. The normalized spacial score (nSPS) is 13.8. The Kier molecular flexibility index (Phi) is 7.14. The summed E-state index contributed by atoms with van der Waals surface area (Å²) in [5, 5.41) is 4.49. The van der Waals surface area contributed by atoms with Crippen LogP contribution in [0.5, 0.6) is 11.5 Å². The highest BCUT2D eigenvalue weighted by Crippen LogP contribution is 2.32. The predicted octanol–water partition coefficient (Wildman–Crippen LogP) is 4.45. The van der Waals surface area contributed by atoms with E-state index in [2.05, 4.69) is 10.3 Å². The van der Waals surface area contributed by atoms with E-state index in [4.69, 9.17) is 21.1 Å². The van der Waals surface area contributed by atoms with Gasteiger partial charge in [-0.2, -0.15) is 0 Å². The van der Waals surface area contributed by atoms with Crippen molar-refractivity contribution in [3.63, 3.8) is 0 Å². The third kappa shape index (κ3) is 5.45. The van der Waals surface area contributed by atoms with E-state index in [-0.39, 0.29) is 29.2 Å². The van der Waals surface area contributed by atoms with Gasteiger partial charge in [-0.3, -0.25) is 14.2 Å². The van der Waals surface area contributed by atoms with Crippen LogP contribution in [0, 0.1) is 5.92 Å². The fourth-order valence-electron chi connectivity index (χ4n) is 3.63. The quantitative estimate of drug-likeness (QED) is 0.391. The number of fused-ring (bicyclic) bond motifs is 2. The Balaban J connectivity index is 1.49. The van der Waals surface area contributed by atoms with Gasteiger partial charge in [0.2, 0.25) is 5.91 Å². The number of hydrogen-bond acceptors (Lipinski definition) is 6. The number of halogens is 1. The molecule has 0 fully saturated rings. The number of hydrogen-bond donors (Lipinski definition) is 1. The Bertz CT molecular complexity index is 1240. The number of thioether (sulfide) groups is 1. The van der Waals surface area contributed by atoms with Gasteiger partial charge in [0.15, 0.2) is 16.7 Å². The van der Waals surface area contributed by atoms with Crippen molar-refractivity contribution in [2.24, 2.45) is 5.92 Å². The van der Waals surface area contributed by atoms with Crippen molar-refractivity contribution < 1.29 is 14.3 Å². The number of ether oxygens (including phenoxy) is 2. The molecule has 0 saturated carbocycles. The number of rotatable bonds is 7. The number of carbonyl (C=O) groups excluding carboxylic acids is 1. The van der Waals surface area contributed by atoms with Crippen LogP contribution in [0.15, 0.2) is 46.3 Å². The molecule has 7 nitrogen and oxygen atoms in total. The maximum atomic E-state index is 13.1. The Labute approximate surface area is 201 Å². The third-order valence-electron chi connectivity index (χ3n) is 5.20. The average Bonchev–Trinajstić information content (AvgIpc) is 2.79. The molecular weight excluding hydrogens is 462 g/mol. The Morgan fingerprint density at radius 2 is 1.91 bits per heavy atom. The molecule has 0 aliphatic carbocycles. The number of benzene rings is 2. The summed E-state index contributed by atoms with van der Waals surface area (Å²) in [6, 6.07) is 10.5. The molecule has 1 aromatic heterocycles. The van der Waals surface area contributed by atoms with Crippen molar-refractivity contribution in [1.82, 2.24) is 14.9 Å². The number of carbonyl (C=O) groups is 1. The molecule has 1 amide bonds. The topological polar surface area (TPSA) is 82.5 Å². The molecule has 1 aliphatic rings. The summed E-state index contributed by atoms with van der Waals surface area (Å²) in [6.07, 6.45) is 0. The molecule has 1 aliphatic heterocycles. The Hall–Kier alpha value is -2.71. The van der Waals surface area contributed by atoms with Crippen molar-refractivity contribution in [2.45, 2.75) is 38.5 Å². The van der Waals surface area contributed by atoms with Gasteiger partial charge in [-0.25, -0.2) is 4.98 Å². The molecule has 3 aromatic rings. The van der Waals surface area contributed by atoms with Crippen LogP contribution in [-0.4, -0.2) is 34.4 Å². The third-order valence-corrected chi connectivity index (χ3v) is 6.42. The van der Waals surface area contributed by atoms with Crippen LogP contribution in [0.25, 0.3) is 10.9 Å². The highest BCUT2D eigenvalue weighted by molar-refractivity contribution is 7.99. The lowest BCUT2D eigenvalue weighted by Gasteiger charge is -2.21. The molecule has 4 rings (SSSR count). The first-order chi connectivity index (χ1) is 15.8. The summed E-state index contributed by atoms with van der Waals surface area (Å²) in [4.78, 5) is 30.4. The van der Waals surface area contributed by atoms with Gasteiger partial charge in [0, 0.05) is 11.6 Å². The molecule has 174 valence electrons. The van der Waals surface area contributed by atoms with Crippen LogP contribution >= 0.6 is 23.4 Å². The molecular formula is C24H26ClN3O4S. The zero-order chi connectivity index (χ0) is 23.5. The van der Waals surface area contributed by atoms with E-state index in [1.165, 1.54) is 11.8 Å². The maximum Gasteiger partial charge on any atom is 0.262 e. The second-order valence-corrected chi connectivity index (χ2v) is 9.73. The Morgan fingerprint density at radius 3 is 2.67 bits per heavy atom. The summed E-state index contributed by atoms with van der Waals surface area (Å²) in [5.74, 6) is 1.63. The van der Waals surface area contributed by atoms with Crippen molar-refractivity contribution in [2.75, 3.05) is 19.0 Å². The largest absolute Gasteiger partial charge is 0.486 e. The first-order valence-corrected chi connectivity index (χ1v) is 12.2. The van der Waals surface area contributed by atoms with Gasteiger partial charge < -0.3 is 14.8 Å². The number of nitrogens with zero attached hydrogens (tertiary/aromatic N) is 2. The molecule has 1 N–H and O–H groups in total. The molecule has 0 saturated heterocycles. The van der Waals surface area contributed by atoms with E-state index < -0.39 is 0 Å². The van der Waals surface area contributed by atoms with Gasteiger partial charge in [0.1, 0.15) is 13.2 Å². The minimum atomic E-state index is -0.210. The summed E-state index contributed by atoms with van der Waals surface area (Å²) in [6.45, 7) is 7.53. The van der Waals surface area contributed by atoms with Crippen LogP contribution in [0.2, 0.25) is 5.02 Å². The number of amides is 1. The van der Waals surface area contributed by atoms with Crippen molar-refractivity contribution >= 4 is 40.2 Å². The van der Waals surface area contributed by atoms with E-state index in [0.29, 0.717) is 52.3 Å². The maximum absolute atomic E-state index is 13.1. The minimum Gasteiger partial charge on any atom is -0.486 e. The molecule has 0 radical (unpaired) electrons. The average molecular weight is 488 g/mol. The molecule has 0 bridgehead atoms. The molecule has 2 aromatic carbocycles. The minimum absolute atomic E-state index is 0.137. The van der Waals surface area contributed by atoms with E-state index in [1.54, 1.807) is 22.8 Å². The molecule has 0 spiro atoms. The Morgan fingerprint density at radius 1 is 1.15 bits per heavy atom. The lowest BCUT2D eigenvalue weighted by atomic mass is 10.1. The van der Waals surface area contributed by atoms with Crippen LogP contribution in [0.1, 0.15) is 32.4 Å². The number of aromatic nitrogens is 2. The number of nitrogens with one attached hydrogen (secondary N) is 1. The molecule has 1 unspecified atom stereocenters. The lowest BCUT2D eigenvalue weighted by molar-refractivity contribution is -0.119. The first-order valence-electron chi connectivity index (χ1n) is 10.8. The predicted molar refractivity (Wildman–Crippen MR) is 131 cm³/mol. The van der Waals surface area contributed by atoms with Crippen LogP contribution in [0.4, 0.5) is 0 Å². The summed E-state index contributed by atoms with van der Waals surface area (Å²) in [5.41, 5.74) is 1.34. The zero-order valence-electron chi connectivity index (χ0n) is 18.8. The molecule has 1 atom stereocenters. The fourth-order valence-corrected chi connectivity index (χ4v) is 4.63. The standard InChI is InChI=1S/C24H26ClN3O4S/c1-14(2)12-28-23(30)18-11-17(25)5-6-19(18)27-24(28)33-13-22(29)26-15(3)16-4-7-20-21(10-16)32-9-8-31-20/h4-7,10-11,14-15H,8-9,12-13H2,1-3H3,(H,26,29). The van der Waals surface area contributed by atoms with Crippen LogP contribution < -0.4 is 20.3 Å². The van der Waals surface area contributed by atoms with Crippen molar-refractivity contribution in [3.05, 3.63) is 57.3 Å². The SMILES string of the molecule is CC(C)Cn1c(SCC(=O)NC(C)c2ccc3c(c2)OCCO3)nc2ccc(Cl)cc2c1=O. The van der Waals surface area contributed by atoms with E-state index in [1.807, 2.05) is 39.0 Å². The van der Waals surface area contributed by atoms with Gasteiger partial charge in [0.05, 0.1) is 22.7 Å². The molecule has 33 heavy (non-hydrogen) atoms. The smallest absolute Gasteiger partial charge is 0.262 e. The molecule has 2 heterocycles. The van der Waals surface area contributed by atoms with Gasteiger partial charge in [-0.15, -0.1) is 0 Å². The van der Waals surface area contributed by atoms with Crippen molar-refractivity contribution in [3.8, 4) is 11.5 Å². The van der Waals surface area contributed by atoms with E-state index >= 15 is 0 Å². The highest BCUT2D eigenvalue weighted by Gasteiger charge is 2.18. The van der Waals surface area contributed by atoms with Gasteiger partial charge in [-0.05, 0) is 48.7 Å². The van der Waals surface area contributed by atoms with E-state index in [0.717, 1.165) is 5.56 Å². The van der Waals surface area contributed by atoms with Crippen LogP contribution in [0.3, 0.4) is 0 Å². The first kappa shape index (κ1) is 23.4. The van der Waals surface area contributed by atoms with Gasteiger partial charge in [-0.1, -0.05) is 43.3 Å². The van der Waals surface area contributed by atoms with E-state index in [9.17, 15) is 9.59 Å². The van der Waals surface area contributed by atoms with Crippen LogP contribution in [-0.2, 0) is 11.3 Å². The van der Waals surface area contributed by atoms with Gasteiger partial charge >= 0.3 is 0 Å². The highest BCUT2D eigenvalue weighted by atomic mass is 35.5. The second kappa shape index (κ2) is 10.1. The van der Waals surface area contributed by atoms with Gasteiger partial charge in [0.25, 0.3) is 5.56 Å². The second-order valence-electron chi connectivity index (χ2n) is 8.35.